The topological polar surface area (TPSA) is 46.9 Å². The third kappa shape index (κ3) is 3.30. The molecule has 0 unspecified atom stereocenters. The molecule has 0 aliphatic rings. The van der Waals surface area contributed by atoms with Crippen LogP contribution >= 0.6 is 11.6 Å². The van der Waals surface area contributed by atoms with Crippen molar-refractivity contribution in [1.82, 2.24) is 9.78 Å². The molecule has 0 bridgehead atoms. The summed E-state index contributed by atoms with van der Waals surface area (Å²) in [5, 5.41) is 6.29. The highest BCUT2D eigenvalue weighted by Crippen LogP contribution is 2.31. The van der Waals surface area contributed by atoms with E-state index in [0.717, 1.165) is 22.9 Å². The van der Waals surface area contributed by atoms with Gasteiger partial charge in [-0.1, -0.05) is 17.7 Å². The molecule has 0 radical (unpaired) electrons. The molecule has 0 fully saturated rings. The van der Waals surface area contributed by atoms with Crippen LogP contribution in [0, 0.1) is 24.5 Å². The first-order valence-corrected chi connectivity index (χ1v) is 7.91. The summed E-state index contributed by atoms with van der Waals surface area (Å²) in [6.07, 6.45) is 0. The highest BCUT2D eigenvalue weighted by molar-refractivity contribution is 6.30. The molecule has 1 N–H and O–H groups in total. The Labute approximate surface area is 152 Å². The number of nitrogens with one attached hydrogen (secondary N) is 1. The minimum absolute atomic E-state index is 0.0798. The zero-order chi connectivity index (χ0) is 19.0. The van der Waals surface area contributed by atoms with Gasteiger partial charge in [-0.3, -0.25) is 4.79 Å². The molecule has 0 aliphatic heterocycles. The van der Waals surface area contributed by atoms with Gasteiger partial charge >= 0.3 is 0 Å². The summed E-state index contributed by atoms with van der Waals surface area (Å²) in [7, 11) is 1.37. The summed E-state index contributed by atoms with van der Waals surface area (Å²) in [5.41, 5.74) is 0.732. The summed E-state index contributed by atoms with van der Waals surface area (Å²) in [6.45, 7) is 1.50. The van der Waals surface area contributed by atoms with Gasteiger partial charge < -0.3 is 5.32 Å². The second-order valence-corrected chi connectivity index (χ2v) is 6.05. The second kappa shape index (κ2) is 6.84. The van der Waals surface area contributed by atoms with Crippen LogP contribution in [0.4, 0.5) is 18.9 Å². The first-order chi connectivity index (χ1) is 12.3. The third-order valence-corrected chi connectivity index (χ3v) is 4.15. The molecule has 8 heteroatoms. The predicted octanol–water partition coefficient (Wildman–Crippen LogP) is 4.72. The van der Waals surface area contributed by atoms with E-state index in [1.54, 1.807) is 0 Å². The highest BCUT2D eigenvalue weighted by Gasteiger charge is 2.21. The van der Waals surface area contributed by atoms with Crippen molar-refractivity contribution in [2.75, 3.05) is 5.32 Å². The first-order valence-electron chi connectivity index (χ1n) is 7.53. The summed E-state index contributed by atoms with van der Waals surface area (Å²) in [4.78, 5) is 12.5. The van der Waals surface area contributed by atoms with Crippen molar-refractivity contribution < 1.29 is 18.0 Å². The molecule has 1 heterocycles. The number of carbonyl (C=O) groups excluding carboxylic acids is 1. The van der Waals surface area contributed by atoms with Crippen molar-refractivity contribution in [1.29, 1.82) is 0 Å². The Morgan fingerprint density at radius 3 is 2.50 bits per heavy atom. The summed E-state index contributed by atoms with van der Waals surface area (Å²) >= 11 is 5.67. The molecule has 4 nitrogen and oxygen atoms in total. The van der Waals surface area contributed by atoms with Crippen LogP contribution in [0.3, 0.4) is 0 Å². The van der Waals surface area contributed by atoms with Gasteiger partial charge in [0, 0.05) is 18.3 Å². The molecule has 2 aromatic carbocycles. The van der Waals surface area contributed by atoms with E-state index in [4.69, 9.17) is 11.6 Å². The van der Waals surface area contributed by atoms with Crippen LogP contribution in [0.1, 0.15) is 16.1 Å². The van der Waals surface area contributed by atoms with Crippen LogP contribution in [0.25, 0.3) is 11.1 Å². The van der Waals surface area contributed by atoms with Gasteiger partial charge in [-0.05, 0) is 42.8 Å². The fourth-order valence-electron chi connectivity index (χ4n) is 2.60. The molecule has 3 rings (SSSR count). The van der Waals surface area contributed by atoms with Crippen LogP contribution in [0.2, 0.25) is 5.02 Å². The zero-order valence-electron chi connectivity index (χ0n) is 13.8. The fraction of sp³-hybridized carbons (Fsp3) is 0.111. The van der Waals surface area contributed by atoms with Crippen molar-refractivity contribution >= 4 is 23.2 Å². The van der Waals surface area contributed by atoms with Gasteiger partial charge in [0.15, 0.2) is 0 Å². The number of nitrogens with zero attached hydrogens (tertiary/aromatic N) is 2. The second-order valence-electron chi connectivity index (χ2n) is 5.65. The standard InChI is InChI=1S/C18H13ClF3N3O/c1-9-16(17(22)25(2)24-9)18(26)23-15-6-4-11(20)8-12(15)10-3-5-13(19)14(21)7-10/h3-8H,1-2H3,(H,23,26). The molecule has 3 aromatic rings. The normalized spacial score (nSPS) is 10.8. The third-order valence-electron chi connectivity index (χ3n) is 3.84. The number of rotatable bonds is 3. The lowest BCUT2D eigenvalue weighted by Gasteiger charge is -2.12. The molecular weight excluding hydrogens is 367 g/mol. The molecule has 1 amide bonds. The van der Waals surface area contributed by atoms with Crippen LogP contribution < -0.4 is 5.32 Å². The van der Waals surface area contributed by atoms with Crippen LogP contribution in [-0.4, -0.2) is 15.7 Å². The molecule has 0 saturated heterocycles. The SMILES string of the molecule is Cc1nn(C)c(F)c1C(=O)Nc1ccc(F)cc1-c1ccc(Cl)c(F)c1. The molecule has 0 spiro atoms. The van der Waals surface area contributed by atoms with Gasteiger partial charge in [0.25, 0.3) is 5.91 Å². The Hall–Kier alpha value is -2.80. The van der Waals surface area contributed by atoms with Crippen molar-refractivity contribution in [3.05, 3.63) is 70.3 Å². The quantitative estimate of drug-likeness (QED) is 0.715. The van der Waals surface area contributed by atoms with Gasteiger partial charge in [-0.25, -0.2) is 13.5 Å². The minimum Gasteiger partial charge on any atom is -0.321 e. The first kappa shape index (κ1) is 18.0. The fourth-order valence-corrected chi connectivity index (χ4v) is 2.72. The largest absolute Gasteiger partial charge is 0.321 e. The number of halogens is 4. The van der Waals surface area contributed by atoms with Gasteiger partial charge in [-0.2, -0.15) is 9.49 Å². The minimum atomic E-state index is -0.791. The van der Waals surface area contributed by atoms with Gasteiger partial charge in [0.05, 0.1) is 10.7 Å². The van der Waals surface area contributed by atoms with Crippen LogP contribution in [-0.2, 0) is 7.05 Å². The Morgan fingerprint density at radius 2 is 1.88 bits per heavy atom. The molecule has 1 aromatic heterocycles. The average Bonchev–Trinajstić information content (AvgIpc) is 2.84. The van der Waals surface area contributed by atoms with E-state index in [1.165, 1.54) is 32.2 Å². The van der Waals surface area contributed by atoms with Gasteiger partial charge in [0.1, 0.15) is 17.2 Å². The molecule has 134 valence electrons. The zero-order valence-corrected chi connectivity index (χ0v) is 14.5. The molecule has 0 atom stereocenters. The number of carbonyl (C=O) groups is 1. The number of aryl methyl sites for hydroxylation is 2. The number of hydrogen-bond donors (Lipinski definition) is 1. The monoisotopic (exact) mass is 379 g/mol. The van der Waals surface area contributed by atoms with Crippen molar-refractivity contribution in [3.8, 4) is 11.1 Å². The van der Waals surface area contributed by atoms with E-state index < -0.39 is 23.5 Å². The molecule has 0 aliphatic carbocycles. The van der Waals surface area contributed by atoms with E-state index in [0.29, 0.717) is 5.56 Å². The average molecular weight is 380 g/mol. The van der Waals surface area contributed by atoms with E-state index >= 15 is 0 Å². The van der Waals surface area contributed by atoms with Crippen LogP contribution in [0.15, 0.2) is 36.4 Å². The lowest BCUT2D eigenvalue weighted by Crippen LogP contribution is -2.15. The lowest BCUT2D eigenvalue weighted by molar-refractivity contribution is 0.102. The van der Waals surface area contributed by atoms with E-state index in [2.05, 4.69) is 10.4 Å². The summed E-state index contributed by atoms with van der Waals surface area (Å²) in [6, 6.07) is 7.54. The predicted molar refractivity (Wildman–Crippen MR) is 92.7 cm³/mol. The summed E-state index contributed by atoms with van der Waals surface area (Å²) in [5.74, 6) is -2.78. The lowest BCUT2D eigenvalue weighted by atomic mass is 10.0. The van der Waals surface area contributed by atoms with E-state index in [1.807, 2.05) is 0 Å². The Bertz CT molecular complexity index is 1020. The molecule has 26 heavy (non-hydrogen) atoms. The van der Waals surface area contributed by atoms with Crippen molar-refractivity contribution in [2.24, 2.45) is 7.05 Å². The van der Waals surface area contributed by atoms with Gasteiger partial charge in [0.2, 0.25) is 5.95 Å². The number of hydrogen-bond acceptors (Lipinski definition) is 2. The maximum absolute atomic E-state index is 14.1. The maximum atomic E-state index is 14.1. The number of benzene rings is 2. The van der Waals surface area contributed by atoms with E-state index in [9.17, 15) is 18.0 Å². The number of anilines is 1. The molecule has 0 saturated carbocycles. The van der Waals surface area contributed by atoms with Crippen molar-refractivity contribution in [3.63, 3.8) is 0 Å². The van der Waals surface area contributed by atoms with Gasteiger partial charge in [-0.15, -0.1) is 0 Å². The van der Waals surface area contributed by atoms with E-state index in [-0.39, 0.29) is 27.5 Å². The Kier molecular flexibility index (Phi) is 4.73. The smallest absolute Gasteiger partial charge is 0.262 e. The van der Waals surface area contributed by atoms with Crippen molar-refractivity contribution in [2.45, 2.75) is 6.92 Å². The maximum Gasteiger partial charge on any atom is 0.262 e. The Balaban J connectivity index is 2.03. The number of aromatic nitrogens is 2. The number of amides is 1. The summed E-state index contributed by atoms with van der Waals surface area (Å²) < 4.78 is 42.5. The molecular formula is C18H13ClF3N3O. The Morgan fingerprint density at radius 1 is 1.15 bits per heavy atom. The van der Waals surface area contributed by atoms with Crippen LogP contribution in [0.5, 0.6) is 0 Å². The highest BCUT2D eigenvalue weighted by atomic mass is 35.5.